The number of nitrogens with one attached hydrogen (secondary N) is 1. The average Bonchev–Trinajstić information content (AvgIpc) is 2.74. The smallest absolute Gasteiger partial charge is 0.246 e. The molecule has 7 heteroatoms. The Morgan fingerprint density at radius 1 is 1.60 bits per heavy atom. The first-order valence-electron chi connectivity index (χ1n) is 4.56. The molecule has 0 aromatic carbocycles. The summed E-state index contributed by atoms with van der Waals surface area (Å²) in [4.78, 5) is 11.8. The molecule has 0 aliphatic carbocycles. The van der Waals surface area contributed by atoms with E-state index < -0.39 is 5.41 Å². The number of nitriles is 1. The minimum atomic E-state index is -0.980. The molecule has 1 aromatic rings. The lowest BCUT2D eigenvalue weighted by Crippen LogP contribution is -2.33. The summed E-state index contributed by atoms with van der Waals surface area (Å²) < 4.78 is 3.52. The van der Waals surface area contributed by atoms with Crippen LogP contribution in [0, 0.1) is 16.7 Å². The molecule has 1 heterocycles. The molecule has 1 aromatic heterocycles. The highest BCUT2D eigenvalue weighted by atomic mass is 32.1. The highest BCUT2D eigenvalue weighted by Crippen LogP contribution is 2.27. The van der Waals surface area contributed by atoms with Crippen molar-refractivity contribution in [2.24, 2.45) is 5.41 Å². The van der Waals surface area contributed by atoms with Crippen LogP contribution in [0.5, 0.6) is 0 Å². The third-order valence-electron chi connectivity index (χ3n) is 2.38. The van der Waals surface area contributed by atoms with E-state index in [0.29, 0.717) is 18.0 Å². The van der Waals surface area contributed by atoms with Crippen LogP contribution in [0.4, 0.5) is 5.13 Å². The summed E-state index contributed by atoms with van der Waals surface area (Å²) >= 11 is 0.985. The van der Waals surface area contributed by atoms with E-state index >= 15 is 0 Å². The Hall–Kier alpha value is -1.55. The number of amides is 1. The van der Waals surface area contributed by atoms with Gasteiger partial charge >= 0.3 is 0 Å². The molecule has 0 unspecified atom stereocenters. The first-order chi connectivity index (χ1) is 7.18. The number of anilines is 1. The SMILES string of the molecule is CCC(C#N)(CC)C(=O)Nc1nnns1. The molecule has 0 saturated heterocycles. The maximum absolute atomic E-state index is 11.8. The Labute approximate surface area is 91.5 Å². The minimum Gasteiger partial charge on any atom is -0.298 e. The number of aromatic nitrogens is 3. The van der Waals surface area contributed by atoms with Crippen LogP contribution in [-0.2, 0) is 4.79 Å². The van der Waals surface area contributed by atoms with Gasteiger partial charge in [-0.05, 0) is 18.1 Å². The van der Waals surface area contributed by atoms with Crippen molar-refractivity contribution in [2.75, 3.05) is 5.32 Å². The molecule has 0 bridgehead atoms. The molecule has 0 atom stereocenters. The lowest BCUT2D eigenvalue weighted by Gasteiger charge is -2.20. The van der Waals surface area contributed by atoms with Gasteiger partial charge in [0.05, 0.1) is 6.07 Å². The van der Waals surface area contributed by atoms with Crippen LogP contribution >= 0.6 is 11.5 Å². The molecule has 80 valence electrons. The fourth-order valence-corrected chi connectivity index (χ4v) is 1.54. The van der Waals surface area contributed by atoms with Gasteiger partial charge in [-0.1, -0.05) is 23.4 Å². The van der Waals surface area contributed by atoms with Gasteiger partial charge in [0.1, 0.15) is 5.41 Å². The van der Waals surface area contributed by atoms with E-state index in [9.17, 15) is 4.79 Å². The maximum Gasteiger partial charge on any atom is 0.246 e. The number of carbonyl (C=O) groups excluding carboxylic acids is 1. The van der Waals surface area contributed by atoms with Gasteiger partial charge in [-0.15, -0.1) is 0 Å². The lowest BCUT2D eigenvalue weighted by atomic mass is 9.83. The summed E-state index contributed by atoms with van der Waals surface area (Å²) in [7, 11) is 0. The van der Waals surface area contributed by atoms with Crippen molar-refractivity contribution < 1.29 is 4.79 Å². The monoisotopic (exact) mass is 225 g/mol. The van der Waals surface area contributed by atoms with Crippen LogP contribution < -0.4 is 5.32 Å². The second kappa shape index (κ2) is 4.79. The Morgan fingerprint density at radius 2 is 2.27 bits per heavy atom. The van der Waals surface area contributed by atoms with E-state index in [1.807, 2.05) is 13.8 Å². The largest absolute Gasteiger partial charge is 0.298 e. The summed E-state index contributed by atoms with van der Waals surface area (Å²) in [5, 5.41) is 18.8. The van der Waals surface area contributed by atoms with Crippen molar-refractivity contribution in [3.05, 3.63) is 0 Å². The van der Waals surface area contributed by atoms with Gasteiger partial charge in [-0.3, -0.25) is 10.1 Å². The molecule has 0 saturated carbocycles. The standard InChI is InChI=1S/C8H11N5OS/c1-3-8(4-2,5-9)6(14)10-7-11-12-13-15-7/h3-4H2,1-2H3,(H,10,11,13,14). The molecule has 0 aliphatic rings. The Morgan fingerprint density at radius 3 is 2.67 bits per heavy atom. The fraction of sp³-hybridized carbons (Fsp3) is 0.625. The fourth-order valence-electron chi connectivity index (χ4n) is 1.18. The van der Waals surface area contributed by atoms with E-state index in [4.69, 9.17) is 5.26 Å². The number of hydrogen-bond donors (Lipinski definition) is 1. The van der Waals surface area contributed by atoms with E-state index in [2.05, 4.69) is 26.2 Å². The van der Waals surface area contributed by atoms with Gasteiger partial charge in [0.25, 0.3) is 0 Å². The topological polar surface area (TPSA) is 91.6 Å². The number of hydrogen-bond acceptors (Lipinski definition) is 6. The number of rotatable bonds is 4. The number of nitrogens with zero attached hydrogens (tertiary/aromatic N) is 4. The zero-order valence-electron chi connectivity index (χ0n) is 8.52. The third-order valence-corrected chi connectivity index (χ3v) is 2.89. The van der Waals surface area contributed by atoms with E-state index in [-0.39, 0.29) is 5.91 Å². The molecule has 0 radical (unpaired) electrons. The van der Waals surface area contributed by atoms with E-state index in [1.54, 1.807) is 0 Å². The molecular weight excluding hydrogens is 214 g/mol. The zero-order valence-corrected chi connectivity index (χ0v) is 9.34. The van der Waals surface area contributed by atoms with Gasteiger partial charge in [0.15, 0.2) is 0 Å². The summed E-state index contributed by atoms with van der Waals surface area (Å²) in [6.07, 6.45) is 0.941. The predicted molar refractivity (Wildman–Crippen MR) is 55.0 cm³/mol. The van der Waals surface area contributed by atoms with Crippen LogP contribution in [0.25, 0.3) is 0 Å². The van der Waals surface area contributed by atoms with Crippen molar-refractivity contribution in [1.29, 1.82) is 5.26 Å². The maximum atomic E-state index is 11.8. The molecule has 1 amide bonds. The quantitative estimate of drug-likeness (QED) is 0.831. The van der Waals surface area contributed by atoms with Crippen molar-refractivity contribution in [2.45, 2.75) is 26.7 Å². The van der Waals surface area contributed by atoms with Crippen molar-refractivity contribution in [3.8, 4) is 6.07 Å². The Kier molecular flexibility index (Phi) is 3.68. The van der Waals surface area contributed by atoms with Crippen molar-refractivity contribution >= 4 is 22.6 Å². The van der Waals surface area contributed by atoms with Gasteiger partial charge in [-0.25, -0.2) is 0 Å². The van der Waals surface area contributed by atoms with Crippen LogP contribution in [-0.4, -0.2) is 20.7 Å². The number of carbonyl (C=O) groups is 1. The van der Waals surface area contributed by atoms with Gasteiger partial charge in [0, 0.05) is 11.5 Å². The van der Waals surface area contributed by atoms with Gasteiger partial charge in [0.2, 0.25) is 11.0 Å². The summed E-state index contributed by atoms with van der Waals surface area (Å²) in [5.74, 6) is -0.339. The minimum absolute atomic E-state index is 0.321. The van der Waals surface area contributed by atoms with Gasteiger partial charge < -0.3 is 0 Å². The highest BCUT2D eigenvalue weighted by Gasteiger charge is 2.35. The van der Waals surface area contributed by atoms with Crippen LogP contribution in [0.15, 0.2) is 0 Å². The average molecular weight is 225 g/mol. The summed E-state index contributed by atoms with van der Waals surface area (Å²) in [6, 6.07) is 2.05. The second-order valence-electron chi connectivity index (χ2n) is 3.02. The molecule has 0 spiro atoms. The third kappa shape index (κ3) is 2.27. The van der Waals surface area contributed by atoms with Crippen LogP contribution in [0.1, 0.15) is 26.7 Å². The van der Waals surface area contributed by atoms with Crippen molar-refractivity contribution in [3.63, 3.8) is 0 Å². The molecular formula is C8H11N5OS. The molecule has 1 rings (SSSR count). The molecule has 0 fully saturated rings. The normalized spacial score (nSPS) is 10.7. The first-order valence-corrected chi connectivity index (χ1v) is 5.33. The highest BCUT2D eigenvalue weighted by molar-refractivity contribution is 7.09. The predicted octanol–water partition coefficient (Wildman–Crippen LogP) is 1.20. The Balaban J connectivity index is 2.79. The first kappa shape index (κ1) is 11.5. The molecule has 6 nitrogen and oxygen atoms in total. The second-order valence-corrected chi connectivity index (χ2v) is 3.76. The van der Waals surface area contributed by atoms with Crippen LogP contribution in [0.2, 0.25) is 0 Å². The van der Waals surface area contributed by atoms with Crippen molar-refractivity contribution in [1.82, 2.24) is 14.8 Å². The van der Waals surface area contributed by atoms with E-state index in [1.165, 1.54) is 0 Å². The summed E-state index contributed by atoms with van der Waals surface area (Å²) in [6.45, 7) is 3.62. The summed E-state index contributed by atoms with van der Waals surface area (Å²) in [5.41, 5.74) is -0.980. The Bertz CT molecular complexity index is 365. The molecule has 1 N–H and O–H groups in total. The van der Waals surface area contributed by atoms with Crippen LogP contribution in [0.3, 0.4) is 0 Å². The molecule has 0 aliphatic heterocycles. The molecule has 15 heavy (non-hydrogen) atoms. The van der Waals surface area contributed by atoms with Gasteiger partial charge in [-0.2, -0.15) is 5.26 Å². The zero-order chi connectivity index (χ0) is 11.3. The van der Waals surface area contributed by atoms with E-state index in [0.717, 1.165) is 11.5 Å². The lowest BCUT2D eigenvalue weighted by molar-refractivity contribution is -0.123.